The number of ether oxygens (including phenoxy) is 2. The largest absolute Gasteiger partial charge is 0.479 e. The molecule has 3 N–H and O–H groups in total. The average Bonchev–Trinajstić information content (AvgIpc) is 3.45. The van der Waals surface area contributed by atoms with Crippen molar-refractivity contribution in [3.05, 3.63) is 30.5 Å². The molecule has 0 spiro atoms. The van der Waals surface area contributed by atoms with Crippen LogP contribution in [0.5, 0.6) is 5.88 Å². The van der Waals surface area contributed by atoms with Crippen LogP contribution in [0.1, 0.15) is 0 Å². The van der Waals surface area contributed by atoms with Crippen LogP contribution in [-0.4, -0.2) is 83.6 Å². The van der Waals surface area contributed by atoms with E-state index in [1.807, 2.05) is 0 Å². The molecule has 37 heavy (non-hydrogen) atoms. The van der Waals surface area contributed by atoms with Gasteiger partial charge in [0.05, 0.1) is 44.7 Å². The van der Waals surface area contributed by atoms with E-state index in [0.717, 1.165) is 0 Å². The normalized spacial score (nSPS) is 21.0. The van der Waals surface area contributed by atoms with Crippen molar-refractivity contribution in [2.24, 2.45) is 5.11 Å². The highest BCUT2D eigenvalue weighted by atomic mass is 19.3. The number of nitrogens with zero attached hydrogens (tertiary/aromatic N) is 6. The lowest BCUT2D eigenvalue weighted by molar-refractivity contribution is -0.102. The van der Waals surface area contributed by atoms with Gasteiger partial charge in [0, 0.05) is 24.8 Å². The molecule has 4 heterocycles. The van der Waals surface area contributed by atoms with Crippen molar-refractivity contribution in [3.8, 4) is 23.1 Å². The van der Waals surface area contributed by atoms with E-state index < -0.39 is 30.7 Å². The van der Waals surface area contributed by atoms with Crippen LogP contribution < -0.4 is 15.4 Å². The SMILES string of the molecule is COc1nc(N[C@@H]2CN(C3(C#N)COC3)C[C@@H]2F)nn2ccc(-c3ccc(N=N)c(NCC(F)F)c3)c12. The molecule has 14 heteroatoms. The number of alkyl halides is 3. The van der Waals surface area contributed by atoms with Gasteiger partial charge in [-0.2, -0.15) is 15.4 Å². The fourth-order valence-electron chi connectivity index (χ4n) is 4.59. The smallest absolute Gasteiger partial charge is 0.255 e. The van der Waals surface area contributed by atoms with Crippen molar-refractivity contribution in [1.82, 2.24) is 19.5 Å². The summed E-state index contributed by atoms with van der Waals surface area (Å²) in [4.78, 5) is 6.22. The average molecular weight is 516 g/mol. The van der Waals surface area contributed by atoms with Crippen molar-refractivity contribution < 1.29 is 22.6 Å². The van der Waals surface area contributed by atoms with Crippen LogP contribution in [0.4, 0.5) is 30.5 Å². The summed E-state index contributed by atoms with van der Waals surface area (Å²) in [5.74, 6) is 0.375. The van der Waals surface area contributed by atoms with Crippen LogP contribution in [0.2, 0.25) is 0 Å². The molecule has 0 saturated carbocycles. The van der Waals surface area contributed by atoms with Gasteiger partial charge >= 0.3 is 0 Å². The lowest BCUT2D eigenvalue weighted by Crippen LogP contribution is -2.61. The molecular weight excluding hydrogens is 491 g/mol. The monoisotopic (exact) mass is 515 g/mol. The number of rotatable bonds is 9. The van der Waals surface area contributed by atoms with E-state index in [9.17, 15) is 18.4 Å². The van der Waals surface area contributed by atoms with Gasteiger partial charge in [-0.1, -0.05) is 6.07 Å². The second-order valence-electron chi connectivity index (χ2n) is 8.89. The Kier molecular flexibility index (Phi) is 6.57. The Morgan fingerprint density at radius 2 is 2.16 bits per heavy atom. The number of hydrogen-bond donors (Lipinski definition) is 3. The van der Waals surface area contributed by atoms with Crippen LogP contribution in [0, 0.1) is 16.9 Å². The highest BCUT2D eigenvalue weighted by Crippen LogP contribution is 2.36. The Morgan fingerprint density at radius 3 is 2.81 bits per heavy atom. The molecule has 1 aromatic carbocycles. The zero-order chi connectivity index (χ0) is 26.2. The van der Waals surface area contributed by atoms with E-state index in [0.29, 0.717) is 23.2 Å². The number of likely N-dealkylation sites (tertiary alicyclic amines) is 1. The van der Waals surface area contributed by atoms with Crippen molar-refractivity contribution in [2.75, 3.05) is 50.6 Å². The molecule has 0 radical (unpaired) electrons. The van der Waals surface area contributed by atoms with Gasteiger partial charge in [-0.05, 0) is 23.8 Å². The summed E-state index contributed by atoms with van der Waals surface area (Å²) in [5.41, 5.74) is 8.85. The number of aromatic nitrogens is 3. The van der Waals surface area contributed by atoms with Crippen molar-refractivity contribution in [2.45, 2.75) is 24.2 Å². The van der Waals surface area contributed by atoms with E-state index in [2.05, 4.69) is 31.9 Å². The second kappa shape index (κ2) is 9.83. The number of nitriles is 1. The molecule has 2 aliphatic heterocycles. The summed E-state index contributed by atoms with van der Waals surface area (Å²) < 4.78 is 52.6. The van der Waals surface area contributed by atoms with E-state index >= 15 is 0 Å². The van der Waals surface area contributed by atoms with Crippen LogP contribution >= 0.6 is 0 Å². The molecule has 0 bridgehead atoms. The first kappa shape index (κ1) is 24.7. The van der Waals surface area contributed by atoms with Crippen LogP contribution in [0.15, 0.2) is 35.6 Å². The first-order chi connectivity index (χ1) is 17.9. The lowest BCUT2D eigenvalue weighted by Gasteiger charge is -2.42. The minimum Gasteiger partial charge on any atom is -0.479 e. The summed E-state index contributed by atoms with van der Waals surface area (Å²) in [6.45, 7) is 0.314. The van der Waals surface area contributed by atoms with Crippen LogP contribution in [-0.2, 0) is 4.74 Å². The Bertz CT molecular complexity index is 1360. The minimum absolute atomic E-state index is 0.101. The van der Waals surface area contributed by atoms with Crippen molar-refractivity contribution in [3.63, 3.8) is 0 Å². The lowest BCUT2D eigenvalue weighted by atomic mass is 9.98. The third kappa shape index (κ3) is 4.51. The standard InChI is InChI=1S/C23H24F3N9O2/c1-36-21-20-14(13-2-3-16(32-28)17(6-13)29-7-19(25)26)4-5-35(20)33-22(31-21)30-18-9-34(8-15(18)24)23(10-27)11-37-12-23/h2-6,15,18-19,28-29H,7-9,11-12H2,1H3,(H,30,33)/t15-,18+/m0/s1. The fraction of sp³-hybridized carbons (Fsp3) is 0.435. The molecule has 0 unspecified atom stereocenters. The zero-order valence-corrected chi connectivity index (χ0v) is 19.8. The number of hydrogen-bond acceptors (Lipinski definition) is 10. The summed E-state index contributed by atoms with van der Waals surface area (Å²) in [5, 5.41) is 23.0. The van der Waals surface area contributed by atoms with E-state index in [1.165, 1.54) is 11.6 Å². The molecule has 3 aromatic rings. The molecule has 5 rings (SSSR count). The highest BCUT2D eigenvalue weighted by Gasteiger charge is 2.50. The third-order valence-corrected chi connectivity index (χ3v) is 6.61. The molecule has 2 fully saturated rings. The van der Waals surface area contributed by atoms with Gasteiger partial charge in [-0.3, -0.25) is 4.90 Å². The summed E-state index contributed by atoms with van der Waals surface area (Å²) in [7, 11) is 1.45. The number of benzene rings is 1. The van der Waals surface area contributed by atoms with E-state index in [1.54, 1.807) is 35.4 Å². The van der Waals surface area contributed by atoms with Crippen molar-refractivity contribution >= 4 is 22.8 Å². The molecule has 2 aliphatic rings. The number of halogens is 3. The van der Waals surface area contributed by atoms with E-state index in [-0.39, 0.29) is 43.0 Å². The predicted molar refractivity (Wildman–Crippen MR) is 127 cm³/mol. The highest BCUT2D eigenvalue weighted by molar-refractivity contribution is 5.87. The maximum absolute atomic E-state index is 14.9. The van der Waals surface area contributed by atoms with Gasteiger partial charge in [0.15, 0.2) is 5.54 Å². The van der Waals surface area contributed by atoms with Gasteiger partial charge in [0.25, 0.3) is 6.43 Å². The number of fused-ring (bicyclic) bond motifs is 1. The third-order valence-electron chi connectivity index (χ3n) is 6.61. The topological polar surface area (TPSA) is 136 Å². The molecule has 194 valence electrons. The van der Waals surface area contributed by atoms with Gasteiger partial charge in [0.2, 0.25) is 11.8 Å². The number of nitrogens with one attached hydrogen (secondary N) is 3. The number of anilines is 2. The minimum atomic E-state index is -2.57. The Hall–Kier alpha value is -3.96. The molecule has 11 nitrogen and oxygen atoms in total. The number of methoxy groups -OCH3 is 1. The Morgan fingerprint density at radius 1 is 1.35 bits per heavy atom. The van der Waals surface area contributed by atoms with Crippen LogP contribution in [0.25, 0.3) is 16.6 Å². The fourth-order valence-corrected chi connectivity index (χ4v) is 4.59. The van der Waals surface area contributed by atoms with Crippen molar-refractivity contribution in [1.29, 1.82) is 10.8 Å². The van der Waals surface area contributed by atoms with Gasteiger partial charge in [-0.25, -0.2) is 23.2 Å². The summed E-state index contributed by atoms with van der Waals surface area (Å²) >= 11 is 0. The molecular formula is C23H24F3N9O2. The van der Waals surface area contributed by atoms with Gasteiger partial charge in [0.1, 0.15) is 17.4 Å². The first-order valence-corrected chi connectivity index (χ1v) is 11.5. The Balaban J connectivity index is 1.42. The van der Waals surface area contributed by atoms with E-state index in [4.69, 9.17) is 15.0 Å². The quantitative estimate of drug-likeness (QED) is 0.369. The summed E-state index contributed by atoms with van der Waals surface area (Å²) in [6, 6.07) is 8.25. The maximum atomic E-state index is 14.9. The zero-order valence-electron chi connectivity index (χ0n) is 19.8. The first-order valence-electron chi connectivity index (χ1n) is 11.5. The second-order valence-corrected chi connectivity index (χ2v) is 8.89. The maximum Gasteiger partial charge on any atom is 0.255 e. The Labute approximate surface area is 209 Å². The molecule has 2 aromatic heterocycles. The predicted octanol–water partition coefficient (Wildman–Crippen LogP) is 3.47. The molecule has 0 aliphatic carbocycles. The summed E-state index contributed by atoms with van der Waals surface area (Å²) in [6.07, 6.45) is -2.13. The van der Waals surface area contributed by atoms with Gasteiger partial charge in [-0.15, -0.1) is 5.10 Å². The van der Waals surface area contributed by atoms with Gasteiger partial charge < -0.3 is 20.1 Å². The molecule has 2 atom stereocenters. The molecule has 2 saturated heterocycles. The molecule has 0 amide bonds. The van der Waals surface area contributed by atoms with Crippen LogP contribution in [0.3, 0.4) is 0 Å².